The van der Waals surface area contributed by atoms with Crippen LogP contribution >= 0.6 is 11.6 Å². The minimum Gasteiger partial charge on any atom is -0.472 e. The van der Waals surface area contributed by atoms with E-state index in [1.165, 1.54) is 29.9 Å². The Balaban J connectivity index is 2.30. The van der Waals surface area contributed by atoms with E-state index in [0.29, 0.717) is 6.54 Å². The van der Waals surface area contributed by atoms with Crippen LogP contribution in [0.5, 0.6) is 0 Å². The third-order valence-corrected chi connectivity index (χ3v) is 5.19. The molecule has 0 fully saturated rings. The molecule has 0 amide bonds. The predicted octanol–water partition coefficient (Wildman–Crippen LogP) is 2.21. The Labute approximate surface area is 123 Å². The Morgan fingerprint density at radius 2 is 2.05 bits per heavy atom. The van der Waals surface area contributed by atoms with Crippen molar-refractivity contribution in [3.05, 3.63) is 52.9 Å². The van der Waals surface area contributed by atoms with Gasteiger partial charge < -0.3 is 10.2 Å². The summed E-state index contributed by atoms with van der Waals surface area (Å²) in [5, 5.41) is 0.173. The highest BCUT2D eigenvalue weighted by Gasteiger charge is 2.24. The largest absolute Gasteiger partial charge is 0.472 e. The number of rotatable bonds is 5. The normalized spacial score (nSPS) is 12.0. The van der Waals surface area contributed by atoms with E-state index in [-0.39, 0.29) is 16.5 Å². The van der Waals surface area contributed by atoms with Gasteiger partial charge in [0.15, 0.2) is 0 Å². The van der Waals surface area contributed by atoms with E-state index < -0.39 is 10.0 Å². The second kappa shape index (κ2) is 5.97. The van der Waals surface area contributed by atoms with E-state index >= 15 is 0 Å². The molecule has 0 unspecified atom stereocenters. The summed E-state index contributed by atoms with van der Waals surface area (Å²) in [6.07, 6.45) is 3.00. The monoisotopic (exact) mass is 314 g/mol. The number of benzene rings is 1. The lowest BCUT2D eigenvalue weighted by Gasteiger charge is -2.17. The highest BCUT2D eigenvalue weighted by molar-refractivity contribution is 7.89. The molecule has 0 aliphatic rings. The van der Waals surface area contributed by atoms with Crippen molar-refractivity contribution >= 4 is 21.6 Å². The number of furan rings is 1. The van der Waals surface area contributed by atoms with Crippen LogP contribution in [0.4, 0.5) is 0 Å². The SMILES string of the molecule is CN(Cc1ccoc1)S(=O)(=O)c1ccc(CN)cc1Cl. The summed E-state index contributed by atoms with van der Waals surface area (Å²) in [6.45, 7) is 0.526. The summed E-state index contributed by atoms with van der Waals surface area (Å²) in [6, 6.07) is 6.42. The molecule has 1 aromatic heterocycles. The topological polar surface area (TPSA) is 76.5 Å². The Morgan fingerprint density at radius 1 is 1.30 bits per heavy atom. The molecule has 5 nitrogen and oxygen atoms in total. The highest BCUT2D eigenvalue weighted by atomic mass is 35.5. The van der Waals surface area contributed by atoms with Gasteiger partial charge in [-0.1, -0.05) is 17.7 Å². The van der Waals surface area contributed by atoms with Crippen LogP contribution < -0.4 is 5.73 Å². The predicted molar refractivity (Wildman–Crippen MR) is 76.7 cm³/mol. The average Bonchev–Trinajstić information content (AvgIpc) is 2.91. The van der Waals surface area contributed by atoms with Crippen molar-refractivity contribution in [3.63, 3.8) is 0 Å². The minimum atomic E-state index is -3.65. The average molecular weight is 315 g/mol. The fourth-order valence-electron chi connectivity index (χ4n) is 1.77. The molecular weight excluding hydrogens is 300 g/mol. The third kappa shape index (κ3) is 3.04. The summed E-state index contributed by atoms with van der Waals surface area (Å²) in [5.74, 6) is 0. The molecule has 2 rings (SSSR count). The van der Waals surface area contributed by atoms with Crippen molar-refractivity contribution in [2.45, 2.75) is 18.0 Å². The van der Waals surface area contributed by atoms with Crippen LogP contribution in [0.3, 0.4) is 0 Å². The molecule has 108 valence electrons. The van der Waals surface area contributed by atoms with Gasteiger partial charge in [-0.05, 0) is 23.8 Å². The molecule has 1 heterocycles. The summed E-state index contributed by atoms with van der Waals surface area (Å²) >= 11 is 6.04. The lowest BCUT2D eigenvalue weighted by Crippen LogP contribution is -2.26. The van der Waals surface area contributed by atoms with Crippen LogP contribution in [-0.2, 0) is 23.1 Å². The molecule has 2 aromatic rings. The Hall–Kier alpha value is -1.34. The Morgan fingerprint density at radius 3 is 2.60 bits per heavy atom. The molecule has 0 atom stereocenters. The van der Waals surface area contributed by atoms with E-state index in [1.807, 2.05) is 0 Å². The fourth-order valence-corrected chi connectivity index (χ4v) is 3.47. The van der Waals surface area contributed by atoms with Crippen LogP contribution in [0.1, 0.15) is 11.1 Å². The van der Waals surface area contributed by atoms with E-state index in [2.05, 4.69) is 0 Å². The van der Waals surface area contributed by atoms with Gasteiger partial charge in [0.05, 0.1) is 17.5 Å². The van der Waals surface area contributed by atoms with Crippen LogP contribution in [0.2, 0.25) is 5.02 Å². The number of sulfonamides is 1. The maximum Gasteiger partial charge on any atom is 0.244 e. The molecule has 0 radical (unpaired) electrons. The lowest BCUT2D eigenvalue weighted by atomic mass is 10.2. The molecule has 1 aromatic carbocycles. The third-order valence-electron chi connectivity index (χ3n) is 2.91. The minimum absolute atomic E-state index is 0.0716. The smallest absolute Gasteiger partial charge is 0.244 e. The first kappa shape index (κ1) is 15.1. The molecule has 0 saturated heterocycles. The molecule has 0 saturated carbocycles. The Bertz CT molecular complexity index is 684. The number of halogens is 1. The van der Waals surface area contributed by atoms with Crippen molar-refractivity contribution in [2.75, 3.05) is 7.05 Å². The number of nitrogens with zero attached hydrogens (tertiary/aromatic N) is 1. The molecule has 2 N–H and O–H groups in total. The second-order valence-electron chi connectivity index (χ2n) is 4.36. The van der Waals surface area contributed by atoms with E-state index in [9.17, 15) is 8.42 Å². The second-order valence-corrected chi connectivity index (χ2v) is 6.78. The zero-order chi connectivity index (χ0) is 14.8. The van der Waals surface area contributed by atoms with Crippen molar-refractivity contribution < 1.29 is 12.8 Å². The van der Waals surface area contributed by atoms with Gasteiger partial charge in [0.1, 0.15) is 4.90 Å². The zero-order valence-electron chi connectivity index (χ0n) is 10.9. The van der Waals surface area contributed by atoms with Gasteiger partial charge >= 0.3 is 0 Å². The van der Waals surface area contributed by atoms with Crippen LogP contribution in [0.25, 0.3) is 0 Å². The number of nitrogens with two attached hydrogens (primary N) is 1. The van der Waals surface area contributed by atoms with Gasteiger partial charge in [0.2, 0.25) is 10.0 Å². The molecule has 0 aliphatic heterocycles. The summed E-state index contributed by atoms with van der Waals surface area (Å²) in [5.41, 5.74) is 7.05. The summed E-state index contributed by atoms with van der Waals surface area (Å²) in [7, 11) is -2.16. The van der Waals surface area contributed by atoms with E-state index in [4.69, 9.17) is 21.8 Å². The van der Waals surface area contributed by atoms with Crippen molar-refractivity contribution in [3.8, 4) is 0 Å². The van der Waals surface area contributed by atoms with Crippen LogP contribution in [0, 0.1) is 0 Å². The lowest BCUT2D eigenvalue weighted by molar-refractivity contribution is 0.463. The summed E-state index contributed by atoms with van der Waals surface area (Å²) in [4.78, 5) is 0.0716. The first-order chi connectivity index (χ1) is 9.45. The van der Waals surface area contributed by atoms with Gasteiger partial charge in [-0.3, -0.25) is 0 Å². The van der Waals surface area contributed by atoms with Gasteiger partial charge in [-0.2, -0.15) is 4.31 Å². The van der Waals surface area contributed by atoms with Crippen LogP contribution in [-0.4, -0.2) is 19.8 Å². The fraction of sp³-hybridized carbons (Fsp3) is 0.231. The first-order valence-electron chi connectivity index (χ1n) is 5.91. The van der Waals surface area contributed by atoms with E-state index in [0.717, 1.165) is 11.1 Å². The van der Waals surface area contributed by atoms with Crippen molar-refractivity contribution in [1.82, 2.24) is 4.31 Å². The number of hydrogen-bond donors (Lipinski definition) is 1. The molecule has 0 bridgehead atoms. The van der Waals surface area contributed by atoms with Gasteiger partial charge in [-0.25, -0.2) is 8.42 Å². The standard InChI is InChI=1S/C13H15ClN2O3S/c1-16(8-11-4-5-19-9-11)20(17,18)13-3-2-10(7-15)6-12(13)14/h2-6,9H,7-8,15H2,1H3. The molecular formula is C13H15ClN2O3S. The van der Waals surface area contributed by atoms with Gasteiger partial charge in [0, 0.05) is 25.7 Å². The van der Waals surface area contributed by atoms with Crippen molar-refractivity contribution in [2.24, 2.45) is 5.73 Å². The quantitative estimate of drug-likeness (QED) is 0.918. The molecule has 20 heavy (non-hydrogen) atoms. The zero-order valence-corrected chi connectivity index (χ0v) is 12.5. The van der Waals surface area contributed by atoms with Crippen LogP contribution in [0.15, 0.2) is 46.1 Å². The Kier molecular flexibility index (Phi) is 4.49. The van der Waals surface area contributed by atoms with Crippen molar-refractivity contribution in [1.29, 1.82) is 0 Å². The summed E-state index contributed by atoms with van der Waals surface area (Å²) < 4.78 is 31.1. The number of hydrogen-bond acceptors (Lipinski definition) is 4. The molecule has 0 spiro atoms. The molecule has 7 heteroatoms. The van der Waals surface area contributed by atoms with Gasteiger partial charge in [0.25, 0.3) is 0 Å². The molecule has 0 aliphatic carbocycles. The maximum atomic E-state index is 12.5. The first-order valence-corrected chi connectivity index (χ1v) is 7.73. The maximum absolute atomic E-state index is 12.5. The van der Waals surface area contributed by atoms with Gasteiger partial charge in [-0.15, -0.1) is 0 Å². The van der Waals surface area contributed by atoms with E-state index in [1.54, 1.807) is 18.2 Å². The highest BCUT2D eigenvalue weighted by Crippen LogP contribution is 2.26.